The van der Waals surface area contributed by atoms with Crippen LogP contribution in [0.5, 0.6) is 28.7 Å². The summed E-state index contributed by atoms with van der Waals surface area (Å²) in [5.74, 6) is -2.71. The van der Waals surface area contributed by atoms with Gasteiger partial charge in [-0.1, -0.05) is 12.1 Å². The summed E-state index contributed by atoms with van der Waals surface area (Å²) >= 11 is 0. The van der Waals surface area contributed by atoms with E-state index >= 15 is 0 Å². The van der Waals surface area contributed by atoms with Crippen LogP contribution in [0.1, 0.15) is 46.3 Å². The molecular formula is C27H27FN2O9. The van der Waals surface area contributed by atoms with Crippen molar-refractivity contribution in [3.05, 3.63) is 75.0 Å². The van der Waals surface area contributed by atoms with E-state index in [0.717, 1.165) is 6.20 Å². The first-order valence-corrected chi connectivity index (χ1v) is 12.0. The lowest BCUT2D eigenvalue weighted by Gasteiger charge is -2.23. The largest absolute Gasteiger partial charge is 0.506 e. The van der Waals surface area contributed by atoms with E-state index in [-0.39, 0.29) is 66.1 Å². The van der Waals surface area contributed by atoms with Crippen LogP contribution in [0.15, 0.2) is 41.3 Å². The highest BCUT2D eigenvalue weighted by Crippen LogP contribution is 2.53. The first-order chi connectivity index (χ1) is 18.8. The molecule has 1 amide bonds. The number of nitrogens with one attached hydrogen (secondary N) is 2. The quantitative estimate of drug-likeness (QED) is 0.329. The maximum Gasteiger partial charge on any atom is 0.343 e. The van der Waals surface area contributed by atoms with Crippen LogP contribution in [-0.4, -0.2) is 49.6 Å². The summed E-state index contributed by atoms with van der Waals surface area (Å²) in [5.41, 5.74) is -0.381. The summed E-state index contributed by atoms with van der Waals surface area (Å²) < 4.78 is 40.4. The van der Waals surface area contributed by atoms with E-state index in [4.69, 9.17) is 23.7 Å². The Kier molecular flexibility index (Phi) is 8.23. The molecule has 0 radical (unpaired) electrons. The van der Waals surface area contributed by atoms with Crippen LogP contribution in [0.3, 0.4) is 0 Å². The lowest BCUT2D eigenvalue weighted by atomic mass is 9.86. The normalized spacial score (nSPS) is 12.5. The summed E-state index contributed by atoms with van der Waals surface area (Å²) in [5, 5.41) is 13.8. The first-order valence-electron chi connectivity index (χ1n) is 12.0. The molecule has 0 spiro atoms. The van der Waals surface area contributed by atoms with Crippen LogP contribution in [0.2, 0.25) is 0 Å². The van der Waals surface area contributed by atoms with Gasteiger partial charge in [-0.3, -0.25) is 9.59 Å². The smallest absolute Gasteiger partial charge is 0.343 e. The lowest BCUT2D eigenvalue weighted by Crippen LogP contribution is -2.28. The molecule has 0 aliphatic carbocycles. The van der Waals surface area contributed by atoms with Crippen molar-refractivity contribution in [1.82, 2.24) is 10.3 Å². The molecule has 0 unspecified atom stereocenters. The number of H-pyrrole nitrogens is 1. The molecule has 1 atom stereocenters. The predicted molar refractivity (Wildman–Crippen MR) is 135 cm³/mol. The zero-order chi connectivity index (χ0) is 28.1. The Bertz CT molecular complexity index is 1440. The predicted octanol–water partition coefficient (Wildman–Crippen LogP) is 2.98. The van der Waals surface area contributed by atoms with Gasteiger partial charge in [-0.2, -0.15) is 0 Å². The zero-order valence-electron chi connectivity index (χ0n) is 21.5. The molecule has 0 bridgehead atoms. The topological polar surface area (TPSA) is 145 Å². The van der Waals surface area contributed by atoms with Crippen LogP contribution in [0, 0.1) is 5.82 Å². The van der Waals surface area contributed by atoms with Gasteiger partial charge in [-0.15, -0.1) is 0 Å². The molecule has 12 heteroatoms. The minimum Gasteiger partial charge on any atom is -0.506 e. The van der Waals surface area contributed by atoms with E-state index < -0.39 is 34.9 Å². The molecule has 39 heavy (non-hydrogen) atoms. The molecule has 11 nitrogen and oxygen atoms in total. The number of rotatable bonds is 10. The number of esters is 1. The number of carbonyl (C=O) groups excluding carboxylic acids is 2. The van der Waals surface area contributed by atoms with Crippen LogP contribution >= 0.6 is 0 Å². The number of halogens is 1. The van der Waals surface area contributed by atoms with Crippen molar-refractivity contribution in [3.63, 3.8) is 0 Å². The molecule has 206 valence electrons. The SMILES string of the molecule is CCOC(=O)c1c[nH]c(=O)c([C@H](CC(=O)NCc2ccc(F)cc2)c2cc(OC)c3c(c2OC)OCO3)c1O. The van der Waals surface area contributed by atoms with Crippen LogP contribution in [0.25, 0.3) is 0 Å². The Morgan fingerprint density at radius 1 is 1.15 bits per heavy atom. The highest BCUT2D eigenvalue weighted by molar-refractivity contribution is 5.92. The maximum absolute atomic E-state index is 13.3. The van der Waals surface area contributed by atoms with Crippen molar-refractivity contribution in [3.8, 4) is 28.7 Å². The molecule has 3 N–H and O–H groups in total. The Labute approximate surface area is 222 Å². The van der Waals surface area contributed by atoms with Crippen LogP contribution < -0.4 is 29.8 Å². The molecular weight excluding hydrogens is 515 g/mol. The third kappa shape index (κ3) is 5.59. The fourth-order valence-corrected chi connectivity index (χ4v) is 4.31. The van der Waals surface area contributed by atoms with Crippen molar-refractivity contribution >= 4 is 11.9 Å². The van der Waals surface area contributed by atoms with E-state index in [9.17, 15) is 23.9 Å². The molecule has 1 aromatic heterocycles. The molecule has 2 heterocycles. The first kappa shape index (κ1) is 27.3. The second-order valence-corrected chi connectivity index (χ2v) is 8.44. The van der Waals surface area contributed by atoms with Gasteiger partial charge in [0.2, 0.25) is 24.2 Å². The molecule has 3 aromatic rings. The van der Waals surface area contributed by atoms with Crippen LogP contribution in [-0.2, 0) is 16.1 Å². The van der Waals surface area contributed by atoms with Gasteiger partial charge in [-0.25, -0.2) is 9.18 Å². The number of aromatic nitrogens is 1. The summed E-state index contributed by atoms with van der Waals surface area (Å²) in [6, 6.07) is 7.11. The Hall–Kier alpha value is -4.74. The lowest BCUT2D eigenvalue weighted by molar-refractivity contribution is -0.121. The van der Waals surface area contributed by atoms with Crippen molar-refractivity contribution in [2.45, 2.75) is 25.8 Å². The third-order valence-corrected chi connectivity index (χ3v) is 6.13. The average molecular weight is 543 g/mol. The Balaban J connectivity index is 1.81. The number of hydrogen-bond donors (Lipinski definition) is 3. The van der Waals surface area contributed by atoms with Crippen molar-refractivity contribution in [1.29, 1.82) is 0 Å². The van der Waals surface area contributed by atoms with E-state index in [2.05, 4.69) is 10.3 Å². The molecule has 1 aliphatic rings. The number of methoxy groups -OCH3 is 2. The molecule has 0 saturated carbocycles. The molecule has 1 aliphatic heterocycles. The van der Waals surface area contributed by atoms with Gasteiger partial charge in [0.1, 0.15) is 17.1 Å². The maximum atomic E-state index is 13.3. The third-order valence-electron chi connectivity index (χ3n) is 6.13. The van der Waals surface area contributed by atoms with E-state index in [1.807, 2.05) is 0 Å². The number of carbonyl (C=O) groups is 2. The minimum atomic E-state index is -1.14. The van der Waals surface area contributed by atoms with Gasteiger partial charge in [0, 0.05) is 30.6 Å². The summed E-state index contributed by atoms with van der Waals surface area (Å²) in [6.07, 6.45) is 0.686. The van der Waals surface area contributed by atoms with Gasteiger partial charge in [0.05, 0.1) is 26.4 Å². The summed E-state index contributed by atoms with van der Waals surface area (Å²) in [4.78, 5) is 41.2. The van der Waals surface area contributed by atoms with Gasteiger partial charge in [0.15, 0.2) is 11.5 Å². The Morgan fingerprint density at radius 3 is 2.54 bits per heavy atom. The second kappa shape index (κ2) is 11.8. The van der Waals surface area contributed by atoms with Crippen molar-refractivity contribution < 1.29 is 42.8 Å². The number of pyridine rings is 1. The number of hydrogen-bond acceptors (Lipinski definition) is 9. The number of benzene rings is 2. The number of amides is 1. The van der Waals surface area contributed by atoms with Crippen LogP contribution in [0.4, 0.5) is 4.39 Å². The van der Waals surface area contributed by atoms with Gasteiger partial charge >= 0.3 is 5.97 Å². The van der Waals surface area contributed by atoms with E-state index in [0.29, 0.717) is 5.56 Å². The fraction of sp³-hybridized carbons (Fsp3) is 0.296. The number of aromatic hydroxyl groups is 1. The van der Waals surface area contributed by atoms with E-state index in [1.165, 1.54) is 44.6 Å². The van der Waals surface area contributed by atoms with Crippen molar-refractivity contribution in [2.75, 3.05) is 27.6 Å². The fourth-order valence-electron chi connectivity index (χ4n) is 4.31. The zero-order valence-corrected chi connectivity index (χ0v) is 21.5. The number of aromatic amines is 1. The van der Waals surface area contributed by atoms with Gasteiger partial charge in [-0.05, 0) is 30.7 Å². The summed E-state index contributed by atoms with van der Waals surface area (Å²) in [7, 11) is 2.78. The average Bonchev–Trinajstić information content (AvgIpc) is 3.41. The van der Waals surface area contributed by atoms with Crippen molar-refractivity contribution in [2.24, 2.45) is 0 Å². The molecule has 0 saturated heterocycles. The highest BCUT2D eigenvalue weighted by atomic mass is 19.1. The highest BCUT2D eigenvalue weighted by Gasteiger charge is 2.35. The van der Waals surface area contributed by atoms with Gasteiger partial charge < -0.3 is 39.1 Å². The molecule has 4 rings (SSSR count). The minimum absolute atomic E-state index is 0.0368. The number of ether oxygens (including phenoxy) is 5. The van der Waals surface area contributed by atoms with Gasteiger partial charge in [0.25, 0.3) is 5.56 Å². The Morgan fingerprint density at radius 2 is 1.87 bits per heavy atom. The molecule has 0 fully saturated rings. The second-order valence-electron chi connectivity index (χ2n) is 8.44. The summed E-state index contributed by atoms with van der Waals surface area (Å²) in [6.45, 7) is 1.60. The monoisotopic (exact) mass is 542 g/mol. The van der Waals surface area contributed by atoms with E-state index in [1.54, 1.807) is 6.92 Å². The standard InChI is InChI=1S/C27H27FN2O9/c1-4-37-27(34)18-12-30-26(33)21(22(18)32)16(10-20(31)29-11-14-5-7-15(28)8-6-14)17-9-19(35-2)24-25(23(17)36-3)39-13-38-24/h5-9,12,16H,4,10-11,13H2,1-3H3,(H,29,31)(H2,30,32,33)/t16-/m1/s1. The number of fused-ring (bicyclic) bond motifs is 1. The molecule has 2 aromatic carbocycles.